The van der Waals surface area contributed by atoms with E-state index in [2.05, 4.69) is 49.1 Å². The number of H-pyrrole nitrogens is 1. The first-order valence-corrected chi connectivity index (χ1v) is 11.8. The van der Waals surface area contributed by atoms with Crippen LogP contribution in [0.5, 0.6) is 0 Å². The lowest BCUT2D eigenvalue weighted by Crippen LogP contribution is -2.56. The van der Waals surface area contributed by atoms with E-state index in [0.29, 0.717) is 18.5 Å². The highest BCUT2D eigenvalue weighted by atomic mass is 32.2. The highest BCUT2D eigenvalue weighted by Crippen LogP contribution is 2.21. The van der Waals surface area contributed by atoms with E-state index in [-0.39, 0.29) is 19.1 Å². The monoisotopic (exact) mass is 446 g/mol. The number of amides is 1. The van der Waals surface area contributed by atoms with Gasteiger partial charge in [-0.1, -0.05) is 31.5 Å². The van der Waals surface area contributed by atoms with Crippen LogP contribution in [0.2, 0.25) is 0 Å². The van der Waals surface area contributed by atoms with E-state index >= 15 is 0 Å². The maximum Gasteiger partial charge on any atom is 0.276 e. The predicted octanol–water partition coefficient (Wildman–Crippen LogP) is 4.16. The zero-order chi connectivity index (χ0) is 22.5. The standard InChI is InChI=1S/C23H34N6OS.2H2/c1-5-8-18(11-17-12-26-20-10-7-6-9-19(17)20)27-22(30)21(24)31-23(25)29-13-15(2)28(4)16(3)14-29;;/h6-7,9-10,12,15-16,18,24-26H,5,8,11,13-14H2,1-4H3,(H,27,30);2*1H/t15-,16-,18?;;/m1../s1. The quantitative estimate of drug-likeness (QED) is 0.409. The number of carbonyl (C=O) groups is 1. The largest absolute Gasteiger partial charge is 0.361 e. The minimum absolute atomic E-state index is 0. The smallest absolute Gasteiger partial charge is 0.276 e. The van der Waals surface area contributed by atoms with Crippen molar-refractivity contribution in [2.75, 3.05) is 20.1 Å². The van der Waals surface area contributed by atoms with Gasteiger partial charge in [-0.25, -0.2) is 0 Å². The number of fused-ring (bicyclic) bond motifs is 1. The summed E-state index contributed by atoms with van der Waals surface area (Å²) in [6, 6.07) is 8.77. The van der Waals surface area contributed by atoms with Crippen molar-refractivity contribution in [3.05, 3.63) is 36.0 Å². The Balaban J connectivity index is 0.00000272. The summed E-state index contributed by atoms with van der Waals surface area (Å²) in [6.07, 6.45) is 4.51. The SMILES string of the molecule is CCCC(Cc1c[nH]c2ccccc12)NC(=O)C(=N)SC(=N)N1C[C@@H](C)N(C)[C@H](C)C1.[HH].[HH]. The van der Waals surface area contributed by atoms with Gasteiger partial charge in [-0.15, -0.1) is 0 Å². The van der Waals surface area contributed by atoms with Crippen molar-refractivity contribution in [2.45, 2.75) is 58.2 Å². The molecule has 3 atom stereocenters. The Labute approximate surface area is 191 Å². The van der Waals surface area contributed by atoms with Crippen LogP contribution in [0.3, 0.4) is 0 Å². The summed E-state index contributed by atoms with van der Waals surface area (Å²) < 4.78 is 0. The van der Waals surface area contributed by atoms with Crippen molar-refractivity contribution in [1.82, 2.24) is 20.1 Å². The molecular formula is C23H38N6OS. The molecule has 2 heterocycles. The van der Waals surface area contributed by atoms with Gasteiger partial charge in [0.15, 0.2) is 10.2 Å². The molecule has 0 aliphatic carbocycles. The van der Waals surface area contributed by atoms with Gasteiger partial charge in [0, 0.05) is 51.2 Å². The topological polar surface area (TPSA) is 99.1 Å². The van der Waals surface area contributed by atoms with Crippen LogP contribution < -0.4 is 5.32 Å². The number of hydrogen-bond donors (Lipinski definition) is 4. The van der Waals surface area contributed by atoms with Crippen LogP contribution in [0, 0.1) is 10.8 Å². The zero-order valence-electron chi connectivity index (χ0n) is 18.9. The Morgan fingerprint density at radius 3 is 2.65 bits per heavy atom. The van der Waals surface area contributed by atoms with E-state index in [9.17, 15) is 4.79 Å². The van der Waals surface area contributed by atoms with Gasteiger partial charge in [-0.2, -0.15) is 0 Å². The fraction of sp³-hybridized carbons (Fsp3) is 0.522. The Hall–Kier alpha value is -2.32. The van der Waals surface area contributed by atoms with E-state index in [1.54, 1.807) is 0 Å². The molecule has 8 heteroatoms. The molecule has 172 valence electrons. The Bertz CT molecular complexity index is 940. The van der Waals surface area contributed by atoms with Crippen LogP contribution in [-0.4, -0.2) is 69.2 Å². The van der Waals surface area contributed by atoms with Crippen molar-refractivity contribution < 1.29 is 7.65 Å². The molecule has 1 amide bonds. The van der Waals surface area contributed by atoms with Gasteiger partial charge in [0.2, 0.25) is 0 Å². The molecule has 1 aliphatic heterocycles. The number of rotatable bonds is 5. The molecule has 1 aromatic carbocycles. The molecule has 0 radical (unpaired) electrons. The number of piperazine rings is 1. The minimum atomic E-state index is -0.400. The molecule has 1 aliphatic rings. The van der Waals surface area contributed by atoms with E-state index in [4.69, 9.17) is 10.8 Å². The minimum Gasteiger partial charge on any atom is -0.361 e. The number of para-hydroxylation sites is 1. The van der Waals surface area contributed by atoms with Crippen molar-refractivity contribution >= 4 is 38.8 Å². The van der Waals surface area contributed by atoms with Crippen LogP contribution in [-0.2, 0) is 11.2 Å². The van der Waals surface area contributed by atoms with Crippen LogP contribution >= 0.6 is 11.8 Å². The third kappa shape index (κ3) is 5.68. The number of likely N-dealkylation sites (N-methyl/N-ethyl adjacent to an activating group) is 1. The van der Waals surface area contributed by atoms with Gasteiger partial charge in [-0.05, 0) is 57.1 Å². The van der Waals surface area contributed by atoms with E-state index in [1.165, 1.54) is 10.9 Å². The van der Waals surface area contributed by atoms with E-state index in [1.807, 2.05) is 29.3 Å². The van der Waals surface area contributed by atoms with Gasteiger partial charge in [0.05, 0.1) is 0 Å². The molecule has 0 bridgehead atoms. The van der Waals surface area contributed by atoms with E-state index < -0.39 is 5.91 Å². The van der Waals surface area contributed by atoms with Crippen LogP contribution in [0.4, 0.5) is 0 Å². The van der Waals surface area contributed by atoms with Crippen molar-refractivity contribution in [2.24, 2.45) is 0 Å². The highest BCUT2D eigenvalue weighted by Gasteiger charge is 2.29. The molecule has 1 fully saturated rings. The maximum absolute atomic E-state index is 12.7. The van der Waals surface area contributed by atoms with Crippen molar-refractivity contribution in [3.63, 3.8) is 0 Å². The number of nitrogens with one attached hydrogen (secondary N) is 4. The molecule has 0 saturated carbocycles. The number of amidine groups is 1. The molecule has 1 aromatic heterocycles. The number of benzene rings is 1. The predicted molar refractivity (Wildman–Crippen MR) is 134 cm³/mol. The van der Waals surface area contributed by atoms with Gasteiger partial charge in [-0.3, -0.25) is 20.5 Å². The number of thioether (sulfide) groups is 1. The number of hydrogen-bond acceptors (Lipinski definition) is 5. The Morgan fingerprint density at radius 1 is 1.29 bits per heavy atom. The third-order valence-electron chi connectivity index (χ3n) is 6.17. The Kier molecular flexibility index (Phi) is 7.78. The van der Waals surface area contributed by atoms with Gasteiger partial charge in [0.25, 0.3) is 5.91 Å². The van der Waals surface area contributed by atoms with Gasteiger partial charge < -0.3 is 15.2 Å². The molecule has 3 rings (SSSR count). The van der Waals surface area contributed by atoms with Crippen LogP contribution in [0.1, 0.15) is 42.0 Å². The second kappa shape index (κ2) is 10.3. The molecule has 4 N–H and O–H groups in total. The summed E-state index contributed by atoms with van der Waals surface area (Å²) in [5.41, 5.74) is 2.26. The Morgan fingerprint density at radius 2 is 1.97 bits per heavy atom. The molecule has 7 nitrogen and oxygen atoms in total. The molecule has 1 unspecified atom stereocenters. The molecule has 0 spiro atoms. The maximum atomic E-state index is 12.7. The summed E-state index contributed by atoms with van der Waals surface area (Å²) >= 11 is 0.946. The molecular weight excluding hydrogens is 408 g/mol. The number of aromatic nitrogens is 1. The van der Waals surface area contributed by atoms with Crippen LogP contribution in [0.15, 0.2) is 30.5 Å². The first kappa shape index (κ1) is 23.3. The lowest BCUT2D eigenvalue weighted by Gasteiger charge is -2.43. The van der Waals surface area contributed by atoms with Crippen molar-refractivity contribution in [1.29, 1.82) is 10.8 Å². The average Bonchev–Trinajstić information content (AvgIpc) is 3.14. The number of nitrogens with zero attached hydrogens (tertiary/aromatic N) is 2. The van der Waals surface area contributed by atoms with E-state index in [0.717, 1.165) is 43.2 Å². The fourth-order valence-electron chi connectivity index (χ4n) is 4.17. The highest BCUT2D eigenvalue weighted by molar-refractivity contribution is 8.27. The normalized spacial score (nSPS) is 20.6. The zero-order valence-corrected chi connectivity index (χ0v) is 19.7. The molecule has 1 saturated heterocycles. The third-order valence-corrected chi connectivity index (χ3v) is 7.01. The second-order valence-electron chi connectivity index (χ2n) is 8.53. The average molecular weight is 447 g/mol. The summed E-state index contributed by atoms with van der Waals surface area (Å²) in [7, 11) is 2.10. The lowest BCUT2D eigenvalue weighted by molar-refractivity contribution is -0.115. The molecule has 2 aromatic rings. The summed E-state index contributed by atoms with van der Waals surface area (Å²) in [6.45, 7) is 7.85. The summed E-state index contributed by atoms with van der Waals surface area (Å²) in [5.74, 6) is -0.400. The van der Waals surface area contributed by atoms with Gasteiger partial charge in [0.1, 0.15) is 0 Å². The molecule has 31 heavy (non-hydrogen) atoms. The second-order valence-corrected chi connectivity index (χ2v) is 9.53. The van der Waals surface area contributed by atoms with Gasteiger partial charge >= 0.3 is 0 Å². The number of aromatic amines is 1. The van der Waals surface area contributed by atoms with Crippen LogP contribution in [0.25, 0.3) is 10.9 Å². The van der Waals surface area contributed by atoms with Crippen molar-refractivity contribution in [3.8, 4) is 0 Å². The summed E-state index contributed by atoms with van der Waals surface area (Å²) in [5, 5.41) is 21.0. The summed E-state index contributed by atoms with van der Waals surface area (Å²) in [4.78, 5) is 20.3. The first-order valence-electron chi connectivity index (χ1n) is 11.0. The first-order chi connectivity index (χ1) is 14.8. The fourth-order valence-corrected chi connectivity index (χ4v) is 4.79. The lowest BCUT2D eigenvalue weighted by atomic mass is 10.0. The number of carbonyl (C=O) groups excluding carboxylic acids is 1.